The lowest BCUT2D eigenvalue weighted by Crippen LogP contribution is -2.28. The van der Waals surface area contributed by atoms with Gasteiger partial charge in [-0.2, -0.15) is 5.10 Å². The fraction of sp³-hybridized carbons (Fsp3) is 0.556. The molecule has 0 spiro atoms. The first-order valence-corrected chi connectivity index (χ1v) is 8.64. The van der Waals surface area contributed by atoms with Crippen LogP contribution in [-0.4, -0.2) is 43.4 Å². The Balaban J connectivity index is 2.12. The molecular weight excluding hydrogens is 318 g/mol. The van der Waals surface area contributed by atoms with Crippen molar-refractivity contribution < 1.29 is 9.90 Å². The third kappa shape index (κ3) is 4.85. The summed E-state index contributed by atoms with van der Waals surface area (Å²) < 4.78 is 1.69. The molecule has 2 aromatic rings. The quantitative estimate of drug-likeness (QED) is 0.797. The number of hydrogen-bond acceptors (Lipinski definition) is 5. The summed E-state index contributed by atoms with van der Waals surface area (Å²) in [4.78, 5) is 21.1. The summed E-state index contributed by atoms with van der Waals surface area (Å²) in [7, 11) is 0. The molecule has 2 rings (SSSR count). The molecule has 1 atom stereocenters. The van der Waals surface area contributed by atoms with E-state index in [1.54, 1.807) is 4.68 Å². The van der Waals surface area contributed by atoms with Crippen LogP contribution in [0.4, 0.5) is 0 Å². The molecule has 0 unspecified atom stereocenters. The molecule has 2 heterocycles. The van der Waals surface area contributed by atoms with Gasteiger partial charge in [0.1, 0.15) is 0 Å². The number of aliphatic hydroxyl groups excluding tert-OH is 1. The van der Waals surface area contributed by atoms with E-state index in [9.17, 15) is 9.90 Å². The number of rotatable bonds is 7. The highest BCUT2D eigenvalue weighted by Gasteiger charge is 2.17. The van der Waals surface area contributed by atoms with E-state index < -0.39 is 0 Å². The number of carbonyl (C=O) groups is 1. The predicted molar refractivity (Wildman–Crippen MR) is 95.7 cm³/mol. The Bertz CT molecular complexity index is 734. The van der Waals surface area contributed by atoms with E-state index in [1.807, 2.05) is 40.7 Å². The summed E-state index contributed by atoms with van der Waals surface area (Å²) >= 11 is 0. The fourth-order valence-electron chi connectivity index (χ4n) is 2.73. The van der Waals surface area contributed by atoms with Crippen LogP contribution in [0.15, 0.2) is 6.07 Å². The number of nitrogens with one attached hydrogen (secondary N) is 1. The third-order valence-electron chi connectivity index (χ3n) is 4.21. The third-order valence-corrected chi connectivity index (χ3v) is 4.21. The van der Waals surface area contributed by atoms with Crippen LogP contribution in [0.25, 0.3) is 5.95 Å². The Morgan fingerprint density at radius 1 is 1.24 bits per heavy atom. The zero-order chi connectivity index (χ0) is 18.6. The molecule has 1 amide bonds. The largest absolute Gasteiger partial charge is 0.393 e. The van der Waals surface area contributed by atoms with Gasteiger partial charge in [0.25, 0.3) is 5.95 Å². The second kappa shape index (κ2) is 8.20. The lowest BCUT2D eigenvalue weighted by atomic mass is 10.1. The van der Waals surface area contributed by atoms with E-state index in [1.165, 1.54) is 0 Å². The minimum atomic E-state index is -0.367. The highest BCUT2D eigenvalue weighted by atomic mass is 16.3. The first-order chi connectivity index (χ1) is 11.8. The molecule has 2 aromatic heterocycles. The van der Waals surface area contributed by atoms with E-state index in [0.717, 1.165) is 28.3 Å². The molecule has 0 aliphatic carbocycles. The maximum absolute atomic E-state index is 12.2. The monoisotopic (exact) mass is 345 g/mol. The Hall–Kier alpha value is -2.28. The van der Waals surface area contributed by atoms with Crippen molar-refractivity contribution in [1.82, 2.24) is 25.1 Å². The molecule has 0 aliphatic rings. The van der Waals surface area contributed by atoms with Crippen molar-refractivity contribution in [2.75, 3.05) is 6.54 Å². The SMILES string of the molecule is CC[C@H](O)CCNC(=O)Cc1c(C)nn(-c2nc(C)cc(C)n2)c1C. The van der Waals surface area contributed by atoms with Crippen LogP contribution < -0.4 is 5.32 Å². The normalized spacial score (nSPS) is 12.2. The lowest BCUT2D eigenvalue weighted by molar-refractivity contribution is -0.120. The van der Waals surface area contributed by atoms with Gasteiger partial charge in [-0.1, -0.05) is 6.92 Å². The van der Waals surface area contributed by atoms with Crippen molar-refractivity contribution in [2.45, 2.75) is 60.0 Å². The number of aliphatic hydroxyl groups is 1. The number of aromatic nitrogens is 4. The molecule has 0 saturated carbocycles. The van der Waals surface area contributed by atoms with Crippen molar-refractivity contribution in [1.29, 1.82) is 0 Å². The smallest absolute Gasteiger partial charge is 0.251 e. The van der Waals surface area contributed by atoms with Crippen LogP contribution in [0.1, 0.15) is 48.1 Å². The zero-order valence-corrected chi connectivity index (χ0v) is 15.6. The standard InChI is InChI=1S/C18H27N5O2/c1-6-15(24)7-8-19-17(25)10-16-13(4)22-23(14(16)5)18-20-11(2)9-12(3)21-18/h9,15,24H,6-8,10H2,1-5H3,(H,19,25)/t15-/m0/s1. The van der Waals surface area contributed by atoms with Gasteiger partial charge >= 0.3 is 0 Å². The fourth-order valence-corrected chi connectivity index (χ4v) is 2.73. The van der Waals surface area contributed by atoms with Gasteiger partial charge in [-0.25, -0.2) is 14.6 Å². The number of aryl methyl sites for hydroxylation is 3. The van der Waals surface area contributed by atoms with Crippen LogP contribution in [-0.2, 0) is 11.2 Å². The molecule has 2 N–H and O–H groups in total. The Kier molecular flexibility index (Phi) is 6.25. The van der Waals surface area contributed by atoms with Gasteiger partial charge in [-0.3, -0.25) is 4.79 Å². The maximum atomic E-state index is 12.2. The van der Waals surface area contributed by atoms with Crippen LogP contribution in [0.3, 0.4) is 0 Å². The minimum Gasteiger partial charge on any atom is -0.393 e. The number of nitrogens with zero attached hydrogens (tertiary/aromatic N) is 4. The summed E-state index contributed by atoms with van der Waals surface area (Å²) in [6, 6.07) is 1.91. The van der Waals surface area contributed by atoms with E-state index in [0.29, 0.717) is 25.3 Å². The summed E-state index contributed by atoms with van der Waals surface area (Å²) in [5, 5.41) is 16.9. The number of carbonyl (C=O) groups excluding carboxylic acids is 1. The van der Waals surface area contributed by atoms with Crippen LogP contribution >= 0.6 is 0 Å². The van der Waals surface area contributed by atoms with Gasteiger partial charge in [0, 0.05) is 29.2 Å². The van der Waals surface area contributed by atoms with Crippen molar-refractivity contribution >= 4 is 5.91 Å². The number of hydrogen-bond donors (Lipinski definition) is 2. The molecule has 0 bridgehead atoms. The zero-order valence-electron chi connectivity index (χ0n) is 15.6. The first-order valence-electron chi connectivity index (χ1n) is 8.64. The summed E-state index contributed by atoms with van der Waals surface area (Å²) in [5.74, 6) is 0.450. The second-order valence-electron chi connectivity index (χ2n) is 6.39. The van der Waals surface area contributed by atoms with E-state index in [4.69, 9.17) is 0 Å². The summed E-state index contributed by atoms with van der Waals surface area (Å²) in [6.07, 6.45) is 1.14. The summed E-state index contributed by atoms with van der Waals surface area (Å²) in [6.45, 7) is 10.0. The van der Waals surface area contributed by atoms with E-state index in [2.05, 4.69) is 20.4 Å². The molecular formula is C18H27N5O2. The van der Waals surface area contributed by atoms with Crippen LogP contribution in [0.2, 0.25) is 0 Å². The molecule has 0 radical (unpaired) electrons. The first kappa shape index (κ1) is 19.1. The van der Waals surface area contributed by atoms with Crippen LogP contribution in [0.5, 0.6) is 0 Å². The summed E-state index contributed by atoms with van der Waals surface area (Å²) in [5.41, 5.74) is 4.30. The average Bonchev–Trinajstić information content (AvgIpc) is 2.82. The molecule has 136 valence electrons. The van der Waals surface area contributed by atoms with Gasteiger partial charge in [0.05, 0.1) is 18.2 Å². The van der Waals surface area contributed by atoms with Crippen molar-refractivity contribution in [2.24, 2.45) is 0 Å². The molecule has 0 saturated heterocycles. The number of amides is 1. The van der Waals surface area contributed by atoms with Crippen LogP contribution in [0, 0.1) is 27.7 Å². The Morgan fingerprint density at radius 2 is 1.88 bits per heavy atom. The van der Waals surface area contributed by atoms with Gasteiger partial charge in [-0.15, -0.1) is 0 Å². The van der Waals surface area contributed by atoms with Gasteiger partial charge < -0.3 is 10.4 Å². The maximum Gasteiger partial charge on any atom is 0.251 e. The molecule has 25 heavy (non-hydrogen) atoms. The highest BCUT2D eigenvalue weighted by molar-refractivity contribution is 5.79. The minimum absolute atomic E-state index is 0.0737. The van der Waals surface area contributed by atoms with Crippen molar-refractivity contribution in [3.05, 3.63) is 34.4 Å². The van der Waals surface area contributed by atoms with E-state index >= 15 is 0 Å². The van der Waals surface area contributed by atoms with Gasteiger partial charge in [0.2, 0.25) is 5.91 Å². The molecule has 7 nitrogen and oxygen atoms in total. The molecule has 7 heteroatoms. The average molecular weight is 345 g/mol. The lowest BCUT2D eigenvalue weighted by Gasteiger charge is -2.09. The molecule has 0 aromatic carbocycles. The highest BCUT2D eigenvalue weighted by Crippen LogP contribution is 2.17. The Morgan fingerprint density at radius 3 is 2.48 bits per heavy atom. The Labute approximate surface area is 148 Å². The second-order valence-corrected chi connectivity index (χ2v) is 6.39. The topological polar surface area (TPSA) is 92.9 Å². The molecule has 0 aliphatic heterocycles. The van der Waals surface area contributed by atoms with Gasteiger partial charge in [-0.05, 0) is 46.6 Å². The predicted octanol–water partition coefficient (Wildman–Crippen LogP) is 1.72. The van der Waals surface area contributed by atoms with Gasteiger partial charge in [0.15, 0.2) is 0 Å². The molecule has 0 fully saturated rings. The van der Waals surface area contributed by atoms with Crippen molar-refractivity contribution in [3.8, 4) is 5.95 Å². The van der Waals surface area contributed by atoms with Crippen molar-refractivity contribution in [3.63, 3.8) is 0 Å². The van der Waals surface area contributed by atoms with E-state index in [-0.39, 0.29) is 18.4 Å².